The molecule has 1 amide bonds. The Morgan fingerprint density at radius 3 is 2.56 bits per heavy atom. The molecule has 0 aromatic rings. The first-order chi connectivity index (χ1) is 8.71. The lowest BCUT2D eigenvalue weighted by molar-refractivity contribution is -0.121. The van der Waals surface area contributed by atoms with Crippen LogP contribution in [0.4, 0.5) is 0 Å². The Labute approximate surface area is 111 Å². The highest BCUT2D eigenvalue weighted by molar-refractivity contribution is 5.78. The molecular weight excluding hydrogens is 228 g/mol. The lowest BCUT2D eigenvalue weighted by Gasteiger charge is -2.31. The number of rotatable bonds is 7. The Bertz CT molecular complexity index is 242. The van der Waals surface area contributed by atoms with Crippen LogP contribution in [0.3, 0.4) is 0 Å². The van der Waals surface area contributed by atoms with Crippen LogP contribution < -0.4 is 10.6 Å². The second-order valence-electron chi connectivity index (χ2n) is 5.30. The van der Waals surface area contributed by atoms with Crippen LogP contribution in [-0.4, -0.2) is 36.2 Å². The van der Waals surface area contributed by atoms with Crippen molar-refractivity contribution in [3.8, 4) is 0 Å². The summed E-state index contributed by atoms with van der Waals surface area (Å²) in [4.78, 5) is 11.8. The molecular formula is C14H28N2O2. The molecule has 1 fully saturated rings. The minimum absolute atomic E-state index is 0.0750. The quantitative estimate of drug-likeness (QED) is 0.646. The van der Waals surface area contributed by atoms with Gasteiger partial charge in [-0.2, -0.15) is 0 Å². The van der Waals surface area contributed by atoms with Gasteiger partial charge in [-0.3, -0.25) is 4.79 Å². The number of carbonyl (C=O) groups excluding carboxylic acids is 1. The van der Waals surface area contributed by atoms with E-state index in [9.17, 15) is 9.90 Å². The summed E-state index contributed by atoms with van der Waals surface area (Å²) in [7, 11) is 0. The highest BCUT2D eigenvalue weighted by Crippen LogP contribution is 2.23. The first-order valence-electron chi connectivity index (χ1n) is 7.34. The fourth-order valence-corrected chi connectivity index (χ4v) is 2.69. The minimum atomic E-state index is 0.0750. The van der Waals surface area contributed by atoms with E-state index in [0.29, 0.717) is 24.5 Å². The molecule has 1 saturated carbocycles. The third kappa shape index (κ3) is 4.94. The van der Waals surface area contributed by atoms with Gasteiger partial charge in [-0.15, -0.1) is 0 Å². The average Bonchev–Trinajstić information content (AvgIpc) is 2.42. The summed E-state index contributed by atoms with van der Waals surface area (Å²) in [5.74, 6) is 0.394. The molecule has 2 atom stereocenters. The van der Waals surface area contributed by atoms with Crippen LogP contribution in [0.25, 0.3) is 0 Å². The van der Waals surface area contributed by atoms with Gasteiger partial charge in [-0.05, 0) is 31.6 Å². The average molecular weight is 256 g/mol. The fraction of sp³-hybridized carbons (Fsp3) is 0.929. The van der Waals surface area contributed by atoms with Crippen molar-refractivity contribution in [2.24, 2.45) is 5.92 Å². The van der Waals surface area contributed by atoms with E-state index in [4.69, 9.17) is 0 Å². The third-order valence-corrected chi connectivity index (χ3v) is 4.02. The van der Waals surface area contributed by atoms with E-state index in [1.54, 1.807) is 0 Å². The number of hydrogen-bond donors (Lipinski definition) is 3. The molecule has 0 radical (unpaired) electrons. The molecule has 0 aromatic carbocycles. The molecule has 0 saturated heterocycles. The van der Waals surface area contributed by atoms with Crippen molar-refractivity contribution >= 4 is 5.91 Å². The first kappa shape index (κ1) is 15.4. The van der Waals surface area contributed by atoms with Gasteiger partial charge >= 0.3 is 0 Å². The Morgan fingerprint density at radius 1 is 1.28 bits per heavy atom. The number of aliphatic hydroxyl groups is 1. The van der Waals surface area contributed by atoms with Gasteiger partial charge in [-0.25, -0.2) is 0 Å². The Kier molecular flexibility index (Phi) is 7.28. The molecule has 4 nitrogen and oxygen atoms in total. The zero-order valence-electron chi connectivity index (χ0n) is 11.7. The van der Waals surface area contributed by atoms with Gasteiger partial charge in [0.1, 0.15) is 0 Å². The summed E-state index contributed by atoms with van der Waals surface area (Å²) >= 11 is 0. The predicted octanol–water partition coefficient (Wildman–Crippen LogP) is 1.43. The zero-order valence-corrected chi connectivity index (χ0v) is 11.7. The Morgan fingerprint density at radius 2 is 1.94 bits per heavy atom. The second kappa shape index (κ2) is 8.48. The lowest BCUT2D eigenvalue weighted by atomic mass is 9.85. The van der Waals surface area contributed by atoms with Gasteiger partial charge in [0.15, 0.2) is 0 Å². The molecule has 0 bridgehead atoms. The van der Waals surface area contributed by atoms with E-state index in [1.165, 1.54) is 12.8 Å². The number of carbonyl (C=O) groups is 1. The molecule has 1 rings (SSSR count). The topological polar surface area (TPSA) is 61.4 Å². The summed E-state index contributed by atoms with van der Waals surface area (Å²) in [5, 5.41) is 15.6. The van der Waals surface area contributed by atoms with Crippen LogP contribution >= 0.6 is 0 Å². The monoisotopic (exact) mass is 256 g/mol. The molecule has 106 valence electrons. The van der Waals surface area contributed by atoms with Gasteiger partial charge in [0.2, 0.25) is 5.91 Å². The normalized spacial score (nSPS) is 24.2. The molecule has 0 aliphatic heterocycles. The van der Waals surface area contributed by atoms with Crippen molar-refractivity contribution in [1.29, 1.82) is 0 Å². The molecule has 2 unspecified atom stereocenters. The highest BCUT2D eigenvalue weighted by atomic mass is 16.3. The SMILES string of the molecule is CCC(CC)NC(=O)CNC1CCCCC1CO. The van der Waals surface area contributed by atoms with E-state index < -0.39 is 0 Å². The van der Waals surface area contributed by atoms with Crippen molar-refractivity contribution in [2.75, 3.05) is 13.2 Å². The molecule has 0 aromatic heterocycles. The molecule has 0 heterocycles. The summed E-state index contributed by atoms with van der Waals surface area (Å²) in [6.07, 6.45) is 6.49. The van der Waals surface area contributed by atoms with E-state index in [0.717, 1.165) is 25.7 Å². The first-order valence-corrected chi connectivity index (χ1v) is 7.34. The molecule has 1 aliphatic rings. The molecule has 3 N–H and O–H groups in total. The van der Waals surface area contributed by atoms with Crippen LogP contribution in [0.2, 0.25) is 0 Å². The van der Waals surface area contributed by atoms with Crippen molar-refractivity contribution < 1.29 is 9.90 Å². The van der Waals surface area contributed by atoms with Gasteiger partial charge in [0.05, 0.1) is 6.54 Å². The van der Waals surface area contributed by atoms with E-state index in [1.807, 2.05) is 0 Å². The lowest BCUT2D eigenvalue weighted by Crippen LogP contribution is -2.46. The van der Waals surface area contributed by atoms with Crippen molar-refractivity contribution in [3.05, 3.63) is 0 Å². The van der Waals surface area contributed by atoms with Crippen LogP contribution in [0, 0.1) is 5.92 Å². The summed E-state index contributed by atoms with van der Waals surface area (Å²) in [6.45, 7) is 4.78. The van der Waals surface area contributed by atoms with Gasteiger partial charge in [-0.1, -0.05) is 26.7 Å². The minimum Gasteiger partial charge on any atom is -0.396 e. The van der Waals surface area contributed by atoms with Gasteiger partial charge < -0.3 is 15.7 Å². The predicted molar refractivity (Wildman–Crippen MR) is 73.3 cm³/mol. The summed E-state index contributed by atoms with van der Waals surface area (Å²) in [5.41, 5.74) is 0. The van der Waals surface area contributed by atoms with Crippen LogP contribution in [-0.2, 0) is 4.79 Å². The summed E-state index contributed by atoms with van der Waals surface area (Å²) in [6, 6.07) is 0.593. The van der Waals surface area contributed by atoms with Crippen molar-refractivity contribution in [2.45, 2.75) is 64.5 Å². The molecule has 1 aliphatic carbocycles. The maximum Gasteiger partial charge on any atom is 0.234 e. The number of nitrogens with one attached hydrogen (secondary N) is 2. The zero-order chi connectivity index (χ0) is 13.4. The Hall–Kier alpha value is -0.610. The standard InChI is InChI=1S/C14H28N2O2/c1-3-12(4-2)16-14(18)9-15-13-8-6-5-7-11(13)10-17/h11-13,15,17H,3-10H2,1-2H3,(H,16,18). The summed E-state index contributed by atoms with van der Waals surface area (Å²) < 4.78 is 0. The molecule has 18 heavy (non-hydrogen) atoms. The molecule has 0 spiro atoms. The smallest absolute Gasteiger partial charge is 0.234 e. The van der Waals surface area contributed by atoms with Crippen LogP contribution in [0.15, 0.2) is 0 Å². The van der Waals surface area contributed by atoms with Crippen molar-refractivity contribution in [3.63, 3.8) is 0 Å². The van der Waals surface area contributed by atoms with E-state index in [-0.39, 0.29) is 12.5 Å². The van der Waals surface area contributed by atoms with Crippen LogP contribution in [0.1, 0.15) is 52.4 Å². The number of amides is 1. The number of aliphatic hydroxyl groups excluding tert-OH is 1. The maximum absolute atomic E-state index is 11.8. The second-order valence-corrected chi connectivity index (χ2v) is 5.30. The largest absolute Gasteiger partial charge is 0.396 e. The van der Waals surface area contributed by atoms with Crippen LogP contribution in [0.5, 0.6) is 0 Å². The fourth-order valence-electron chi connectivity index (χ4n) is 2.69. The van der Waals surface area contributed by atoms with Gasteiger partial charge in [0.25, 0.3) is 0 Å². The third-order valence-electron chi connectivity index (χ3n) is 4.02. The molecule has 4 heteroatoms. The van der Waals surface area contributed by atoms with Crippen molar-refractivity contribution in [1.82, 2.24) is 10.6 Å². The maximum atomic E-state index is 11.8. The van der Waals surface area contributed by atoms with E-state index in [2.05, 4.69) is 24.5 Å². The Balaban J connectivity index is 2.28. The highest BCUT2D eigenvalue weighted by Gasteiger charge is 2.24. The van der Waals surface area contributed by atoms with Gasteiger partial charge in [0, 0.05) is 18.7 Å². The number of hydrogen-bond acceptors (Lipinski definition) is 3. The van der Waals surface area contributed by atoms with E-state index >= 15 is 0 Å².